The maximum Gasteiger partial charge on any atom is 0.338 e. The zero-order valence-electron chi connectivity index (χ0n) is 20.4. The predicted octanol–water partition coefficient (Wildman–Crippen LogP) is 5.75. The van der Waals surface area contributed by atoms with E-state index in [4.69, 9.17) is 32.7 Å². The average Bonchev–Trinajstić information content (AvgIpc) is 3.52. The molecule has 0 saturated carbocycles. The van der Waals surface area contributed by atoms with Crippen molar-refractivity contribution in [2.45, 2.75) is 26.5 Å². The van der Waals surface area contributed by atoms with E-state index in [0.29, 0.717) is 36.4 Å². The van der Waals surface area contributed by atoms with Crippen LogP contribution in [0.15, 0.2) is 81.0 Å². The number of rotatable bonds is 7. The monoisotopic (exact) mass is 584 g/mol. The molecule has 1 aliphatic heterocycles. The molecule has 2 aromatic carbocycles. The molecule has 0 bridgehead atoms. The van der Waals surface area contributed by atoms with Gasteiger partial charge < -0.3 is 9.47 Å². The molecule has 0 aliphatic carbocycles. The van der Waals surface area contributed by atoms with E-state index >= 15 is 0 Å². The Morgan fingerprint density at radius 1 is 1.16 bits per heavy atom. The van der Waals surface area contributed by atoms with Crippen LogP contribution in [0.3, 0.4) is 0 Å². The first-order valence-corrected chi connectivity index (χ1v) is 14.2. The lowest BCUT2D eigenvalue weighted by molar-refractivity contribution is -0.139. The third-order valence-corrected chi connectivity index (χ3v) is 8.43. The summed E-state index contributed by atoms with van der Waals surface area (Å²) in [6.45, 7) is 4.00. The fourth-order valence-electron chi connectivity index (χ4n) is 4.17. The number of carbonyl (C=O) groups is 1. The molecular weight excluding hydrogens is 563 g/mol. The molecule has 5 rings (SSSR count). The SMILES string of the molecule is CCOC(=O)C1=C(C)N=c2s/c(=C/c3ccccc3OCc3ccc(Cl)cc3Cl)c(=O)n2[C@@H]1c1cccs1. The summed E-state index contributed by atoms with van der Waals surface area (Å²) in [4.78, 5) is 32.7. The van der Waals surface area contributed by atoms with Gasteiger partial charge in [-0.3, -0.25) is 9.36 Å². The number of ether oxygens (including phenoxy) is 2. The van der Waals surface area contributed by atoms with E-state index in [1.807, 2.05) is 47.8 Å². The Bertz CT molecular complexity index is 1720. The predicted molar refractivity (Wildman–Crippen MR) is 152 cm³/mol. The Balaban J connectivity index is 1.56. The minimum atomic E-state index is -0.606. The second-order valence-corrected chi connectivity index (χ2v) is 11.2. The van der Waals surface area contributed by atoms with Crippen LogP contribution in [-0.4, -0.2) is 17.1 Å². The van der Waals surface area contributed by atoms with Gasteiger partial charge in [0.05, 0.1) is 22.4 Å². The van der Waals surface area contributed by atoms with Crippen LogP contribution in [-0.2, 0) is 16.1 Å². The summed E-state index contributed by atoms with van der Waals surface area (Å²) < 4.78 is 13.5. The molecule has 0 radical (unpaired) electrons. The van der Waals surface area contributed by atoms with E-state index in [-0.39, 0.29) is 18.8 Å². The molecule has 3 heterocycles. The number of allylic oxidation sites excluding steroid dienone is 1. The van der Waals surface area contributed by atoms with E-state index < -0.39 is 12.0 Å². The zero-order chi connectivity index (χ0) is 26.8. The van der Waals surface area contributed by atoms with E-state index in [0.717, 1.165) is 16.0 Å². The normalized spacial score (nSPS) is 15.3. The number of halogens is 2. The lowest BCUT2D eigenvalue weighted by Crippen LogP contribution is -2.39. The van der Waals surface area contributed by atoms with Crippen LogP contribution >= 0.6 is 45.9 Å². The highest BCUT2D eigenvalue weighted by Crippen LogP contribution is 2.33. The van der Waals surface area contributed by atoms with Crippen molar-refractivity contribution in [3.8, 4) is 5.75 Å². The molecule has 194 valence electrons. The van der Waals surface area contributed by atoms with Crippen molar-refractivity contribution in [3.05, 3.63) is 117 Å². The Morgan fingerprint density at radius 3 is 2.71 bits per heavy atom. The van der Waals surface area contributed by atoms with Gasteiger partial charge >= 0.3 is 5.97 Å². The smallest absolute Gasteiger partial charge is 0.338 e. The van der Waals surface area contributed by atoms with Crippen molar-refractivity contribution in [1.29, 1.82) is 0 Å². The maximum atomic E-state index is 13.8. The number of para-hydroxylation sites is 1. The van der Waals surface area contributed by atoms with Gasteiger partial charge in [0, 0.05) is 26.0 Å². The van der Waals surface area contributed by atoms with Crippen LogP contribution in [0.1, 0.15) is 35.9 Å². The van der Waals surface area contributed by atoms with Crippen molar-refractivity contribution >= 4 is 57.9 Å². The zero-order valence-corrected chi connectivity index (χ0v) is 23.6. The summed E-state index contributed by atoms with van der Waals surface area (Å²) in [7, 11) is 0. The van der Waals surface area contributed by atoms with Crippen LogP contribution < -0.4 is 19.6 Å². The first-order valence-electron chi connectivity index (χ1n) is 11.8. The number of carbonyl (C=O) groups excluding carboxylic acids is 1. The summed E-state index contributed by atoms with van der Waals surface area (Å²) in [6.07, 6.45) is 1.79. The molecule has 10 heteroatoms. The highest BCUT2D eigenvalue weighted by Gasteiger charge is 2.33. The standard InChI is InChI=1S/C28H22Cl2N2O4S2/c1-3-35-27(34)24-16(2)31-28-32(25(24)22-9-6-12-37-22)26(33)23(38-28)13-17-7-4-5-8-21(17)36-15-18-10-11-19(29)14-20(18)30/h4-14,25H,3,15H2,1-2H3/b23-13+/t25-/m1/s1. The number of benzene rings is 2. The van der Waals surface area contributed by atoms with Crippen molar-refractivity contribution in [2.24, 2.45) is 4.99 Å². The van der Waals surface area contributed by atoms with Crippen LogP contribution in [0.4, 0.5) is 0 Å². The minimum Gasteiger partial charge on any atom is -0.488 e. The second-order valence-electron chi connectivity index (χ2n) is 8.38. The summed E-state index contributed by atoms with van der Waals surface area (Å²) in [6, 6.07) is 15.9. The fraction of sp³-hybridized carbons (Fsp3) is 0.179. The molecule has 1 aliphatic rings. The topological polar surface area (TPSA) is 69.9 Å². The summed E-state index contributed by atoms with van der Waals surface area (Å²) in [5, 5.41) is 2.99. The number of nitrogens with zero attached hydrogens (tertiary/aromatic N) is 2. The van der Waals surface area contributed by atoms with E-state index in [2.05, 4.69) is 4.99 Å². The number of fused-ring (bicyclic) bond motifs is 1. The van der Waals surface area contributed by atoms with E-state index in [9.17, 15) is 9.59 Å². The Hall–Kier alpha value is -3.17. The third kappa shape index (κ3) is 5.22. The van der Waals surface area contributed by atoms with Gasteiger partial charge in [-0.2, -0.15) is 0 Å². The molecule has 0 saturated heterocycles. The van der Waals surface area contributed by atoms with Gasteiger partial charge in [0.2, 0.25) is 0 Å². The first kappa shape index (κ1) is 26.4. The molecule has 1 atom stereocenters. The lowest BCUT2D eigenvalue weighted by atomic mass is 10.0. The molecule has 0 amide bonds. The molecule has 0 N–H and O–H groups in total. The van der Waals surface area contributed by atoms with E-state index in [1.165, 1.54) is 22.7 Å². The van der Waals surface area contributed by atoms with Gasteiger partial charge in [-0.15, -0.1) is 11.3 Å². The van der Waals surface area contributed by atoms with Crippen molar-refractivity contribution in [1.82, 2.24) is 4.57 Å². The highest BCUT2D eigenvalue weighted by molar-refractivity contribution is 7.10. The molecule has 6 nitrogen and oxygen atoms in total. The molecule has 0 fully saturated rings. The third-order valence-electron chi connectivity index (χ3n) is 5.93. The molecule has 0 spiro atoms. The van der Waals surface area contributed by atoms with Gasteiger partial charge in [0.25, 0.3) is 5.56 Å². The number of hydrogen-bond donors (Lipinski definition) is 0. The molecule has 4 aromatic rings. The van der Waals surface area contributed by atoms with Crippen LogP contribution in [0.25, 0.3) is 6.08 Å². The van der Waals surface area contributed by atoms with Crippen molar-refractivity contribution < 1.29 is 14.3 Å². The lowest BCUT2D eigenvalue weighted by Gasteiger charge is -2.23. The maximum absolute atomic E-state index is 13.8. The minimum absolute atomic E-state index is 0.231. The molecule has 38 heavy (non-hydrogen) atoms. The summed E-state index contributed by atoms with van der Waals surface area (Å²) in [5.41, 5.74) is 2.20. The van der Waals surface area contributed by atoms with Gasteiger partial charge in [0.1, 0.15) is 18.4 Å². The number of esters is 1. The van der Waals surface area contributed by atoms with Gasteiger partial charge in [-0.05, 0) is 49.6 Å². The Kier molecular flexibility index (Phi) is 7.85. The first-order chi connectivity index (χ1) is 18.4. The van der Waals surface area contributed by atoms with E-state index in [1.54, 1.807) is 36.6 Å². The summed E-state index contributed by atoms with van der Waals surface area (Å²) in [5.74, 6) is 0.128. The van der Waals surface area contributed by atoms with Crippen LogP contribution in [0.2, 0.25) is 10.0 Å². The van der Waals surface area contributed by atoms with Gasteiger partial charge in [0.15, 0.2) is 4.80 Å². The quantitative estimate of drug-likeness (QED) is 0.259. The second kappa shape index (κ2) is 11.3. The Labute approximate surface area is 236 Å². The van der Waals surface area contributed by atoms with Crippen LogP contribution in [0.5, 0.6) is 5.75 Å². The molecular formula is C28H22Cl2N2O4S2. The largest absolute Gasteiger partial charge is 0.488 e. The van der Waals surface area contributed by atoms with Gasteiger partial charge in [-0.25, -0.2) is 9.79 Å². The fourth-order valence-corrected chi connectivity index (χ4v) is 6.50. The molecule has 0 unspecified atom stereocenters. The number of aromatic nitrogens is 1. The number of thiophene rings is 1. The average molecular weight is 586 g/mol. The number of thiazole rings is 1. The molecule has 2 aromatic heterocycles. The van der Waals surface area contributed by atoms with Crippen molar-refractivity contribution in [3.63, 3.8) is 0 Å². The Morgan fingerprint density at radius 2 is 1.97 bits per heavy atom. The van der Waals surface area contributed by atoms with Crippen molar-refractivity contribution in [2.75, 3.05) is 6.61 Å². The van der Waals surface area contributed by atoms with Gasteiger partial charge in [-0.1, -0.05) is 64.9 Å². The highest BCUT2D eigenvalue weighted by atomic mass is 35.5. The number of hydrogen-bond acceptors (Lipinski definition) is 7. The summed E-state index contributed by atoms with van der Waals surface area (Å²) >= 11 is 15.1. The van der Waals surface area contributed by atoms with Crippen LogP contribution in [0, 0.1) is 0 Å².